The van der Waals surface area contributed by atoms with Crippen LogP contribution in [0.1, 0.15) is 37.7 Å². The summed E-state index contributed by atoms with van der Waals surface area (Å²) in [6.07, 6.45) is 0.707. The van der Waals surface area contributed by atoms with E-state index >= 15 is 8.78 Å². The molecule has 2 heterocycles. The van der Waals surface area contributed by atoms with Crippen molar-refractivity contribution >= 4 is 33.5 Å². The van der Waals surface area contributed by atoms with Gasteiger partial charge in [0.1, 0.15) is 11.5 Å². The predicted molar refractivity (Wildman–Crippen MR) is 190 cm³/mol. The third-order valence-corrected chi connectivity index (χ3v) is 11.6. The standard InChI is InChI=1S/C35H40ClF2N3O5S.C2HF3O2/c1-45-32-17-27(9-16-31(32)24-7-10-28(36)11-8-24)35(37,38)33(34(42)41-20-25-18-39-19-26(25)21-41)40-47(43,44)30-14-12-29(13-15-30)46-22-23-5-3-2-4-6-23;3-2(4,5)1(6)7/h7-17,23,25-26,33,39-40H,2-6,18-22H2,1H3;(H,6,7)/t25-,26+,33-;/m1./s1. The molecule has 0 spiro atoms. The van der Waals surface area contributed by atoms with Crippen LogP contribution in [0.15, 0.2) is 71.6 Å². The van der Waals surface area contributed by atoms with E-state index in [1.807, 2.05) is 0 Å². The molecule has 0 unspecified atom stereocenters. The number of benzene rings is 3. The topological polar surface area (TPSA) is 134 Å². The van der Waals surface area contributed by atoms with Gasteiger partial charge in [0, 0.05) is 42.3 Å². The molecule has 3 fully saturated rings. The fraction of sp³-hybridized carbons (Fsp3) is 0.459. The van der Waals surface area contributed by atoms with Gasteiger partial charge in [-0.15, -0.1) is 0 Å². The highest BCUT2D eigenvalue weighted by Gasteiger charge is 2.52. The predicted octanol–water partition coefficient (Wildman–Crippen LogP) is 6.72. The largest absolute Gasteiger partial charge is 0.496 e. The second kappa shape index (κ2) is 17.2. The molecule has 3 aromatic carbocycles. The quantitative estimate of drug-likeness (QED) is 0.182. The van der Waals surface area contributed by atoms with E-state index < -0.39 is 45.6 Å². The Bertz CT molecular complexity index is 1860. The third kappa shape index (κ3) is 10.00. The van der Waals surface area contributed by atoms with E-state index in [1.165, 1.54) is 67.7 Å². The average Bonchev–Trinajstić information content (AvgIpc) is 3.77. The number of alkyl halides is 5. The maximum Gasteiger partial charge on any atom is 0.490 e. The van der Waals surface area contributed by atoms with Crippen LogP contribution in [0.5, 0.6) is 11.5 Å². The number of likely N-dealkylation sites (tertiary alicyclic amines) is 1. The third-order valence-electron chi connectivity index (χ3n) is 9.91. The lowest BCUT2D eigenvalue weighted by molar-refractivity contribution is -0.192. The minimum atomic E-state index is -5.08. The molecule has 17 heteroatoms. The lowest BCUT2D eigenvalue weighted by Gasteiger charge is -2.31. The van der Waals surface area contributed by atoms with Crippen LogP contribution in [0.4, 0.5) is 22.0 Å². The van der Waals surface area contributed by atoms with Gasteiger partial charge in [-0.05, 0) is 78.6 Å². The number of hydrogen-bond donors (Lipinski definition) is 3. The van der Waals surface area contributed by atoms with E-state index in [2.05, 4.69) is 10.0 Å². The molecule has 2 aliphatic heterocycles. The molecule has 1 saturated carbocycles. The van der Waals surface area contributed by atoms with Gasteiger partial charge in [-0.1, -0.05) is 55.1 Å². The number of aliphatic carboxylic acids is 1. The number of carbonyl (C=O) groups excluding carboxylic acids is 1. The van der Waals surface area contributed by atoms with Gasteiger partial charge in [0.2, 0.25) is 15.9 Å². The first-order valence-electron chi connectivity index (χ1n) is 17.4. The number of sulfonamides is 1. The molecule has 3 N–H and O–H groups in total. The van der Waals surface area contributed by atoms with E-state index in [4.69, 9.17) is 31.0 Å². The summed E-state index contributed by atoms with van der Waals surface area (Å²) in [7, 11) is -3.19. The maximum atomic E-state index is 16.6. The van der Waals surface area contributed by atoms with Gasteiger partial charge in [-0.25, -0.2) is 13.2 Å². The fourth-order valence-corrected chi connectivity index (χ4v) is 8.25. The van der Waals surface area contributed by atoms with Crippen molar-refractivity contribution in [1.29, 1.82) is 0 Å². The van der Waals surface area contributed by atoms with Crippen molar-refractivity contribution in [2.75, 3.05) is 39.9 Å². The Labute approximate surface area is 315 Å². The van der Waals surface area contributed by atoms with Crippen molar-refractivity contribution < 1.29 is 54.5 Å². The van der Waals surface area contributed by atoms with Crippen molar-refractivity contribution in [3.63, 3.8) is 0 Å². The van der Waals surface area contributed by atoms with Gasteiger partial charge >= 0.3 is 12.1 Å². The number of methoxy groups -OCH3 is 1. The van der Waals surface area contributed by atoms with E-state index in [1.54, 1.807) is 24.3 Å². The average molecular weight is 802 g/mol. The molecule has 3 atom stereocenters. The molecule has 0 bridgehead atoms. The summed E-state index contributed by atoms with van der Waals surface area (Å²) in [6.45, 7) is 2.45. The maximum absolute atomic E-state index is 16.6. The van der Waals surface area contributed by atoms with Gasteiger partial charge in [0.05, 0.1) is 18.6 Å². The number of amides is 1. The molecule has 294 valence electrons. The van der Waals surface area contributed by atoms with E-state index in [-0.39, 0.29) is 35.6 Å². The van der Waals surface area contributed by atoms with Crippen LogP contribution >= 0.6 is 11.6 Å². The monoisotopic (exact) mass is 801 g/mol. The van der Waals surface area contributed by atoms with E-state index in [0.717, 1.165) is 18.9 Å². The van der Waals surface area contributed by atoms with Crippen molar-refractivity contribution in [2.24, 2.45) is 17.8 Å². The molecule has 0 radical (unpaired) electrons. The molecule has 0 aromatic heterocycles. The van der Waals surface area contributed by atoms with Gasteiger partial charge in [0.25, 0.3) is 5.92 Å². The first kappa shape index (κ1) is 41.2. The van der Waals surface area contributed by atoms with Crippen LogP contribution in [0.3, 0.4) is 0 Å². The molecule has 54 heavy (non-hydrogen) atoms. The SMILES string of the molecule is COc1cc(C(F)(F)[C@H](NS(=O)(=O)c2ccc(OCC3CCCCC3)cc2)C(=O)N2C[C@H]3CNC[C@H]3C2)ccc1-c1ccc(Cl)cc1.O=C(O)C(F)(F)F. The summed E-state index contributed by atoms with van der Waals surface area (Å²) in [4.78, 5) is 23.9. The Morgan fingerprint density at radius 3 is 2.09 bits per heavy atom. The Balaban J connectivity index is 0.000000730. The number of carbonyl (C=O) groups is 2. The number of nitrogens with zero attached hydrogens (tertiary/aromatic N) is 1. The van der Waals surface area contributed by atoms with Gasteiger partial charge in [-0.2, -0.15) is 26.7 Å². The summed E-state index contributed by atoms with van der Waals surface area (Å²) in [5.41, 5.74) is 0.677. The summed E-state index contributed by atoms with van der Waals surface area (Å²) < 4.78 is 106. The summed E-state index contributed by atoms with van der Waals surface area (Å²) >= 11 is 6.02. The van der Waals surface area contributed by atoms with Crippen LogP contribution in [0.2, 0.25) is 5.02 Å². The highest BCUT2D eigenvalue weighted by Crippen LogP contribution is 2.40. The minimum absolute atomic E-state index is 0.129. The van der Waals surface area contributed by atoms with Gasteiger partial charge in [0.15, 0.2) is 6.04 Å². The summed E-state index contributed by atoms with van der Waals surface area (Å²) in [5, 5.41) is 10.9. The Kier molecular flexibility index (Phi) is 13.1. The number of ether oxygens (including phenoxy) is 2. The van der Waals surface area contributed by atoms with Crippen LogP contribution in [0.25, 0.3) is 11.1 Å². The lowest BCUT2D eigenvalue weighted by Crippen LogP contribution is -2.56. The first-order chi connectivity index (χ1) is 25.5. The molecule has 10 nitrogen and oxygen atoms in total. The normalized spacial score (nSPS) is 19.7. The minimum Gasteiger partial charge on any atom is -0.496 e. The number of halogens is 6. The zero-order valence-corrected chi connectivity index (χ0v) is 30.8. The molecule has 3 aromatic rings. The molecule has 6 rings (SSSR count). The van der Waals surface area contributed by atoms with Crippen molar-refractivity contribution in [3.8, 4) is 22.6 Å². The fourth-order valence-electron chi connectivity index (χ4n) is 6.94. The smallest absolute Gasteiger partial charge is 0.490 e. The number of rotatable bonds is 11. The number of hydrogen-bond acceptors (Lipinski definition) is 7. The van der Waals surface area contributed by atoms with Gasteiger partial charge < -0.3 is 24.8 Å². The van der Waals surface area contributed by atoms with E-state index in [0.29, 0.717) is 47.5 Å². The molecular formula is C37H41ClF5N3O7S. The number of carboxylic acids is 1. The molecule has 1 aliphatic carbocycles. The van der Waals surface area contributed by atoms with Crippen LogP contribution in [0, 0.1) is 17.8 Å². The number of fused-ring (bicyclic) bond motifs is 1. The molecule has 1 amide bonds. The van der Waals surface area contributed by atoms with Crippen LogP contribution in [-0.4, -0.2) is 82.4 Å². The first-order valence-corrected chi connectivity index (χ1v) is 19.2. The second-order valence-corrected chi connectivity index (χ2v) is 15.8. The van der Waals surface area contributed by atoms with Crippen molar-refractivity contribution in [2.45, 2.75) is 55.1 Å². The Morgan fingerprint density at radius 1 is 0.944 bits per heavy atom. The summed E-state index contributed by atoms with van der Waals surface area (Å²) in [6, 6.07) is 13.9. The number of carboxylic acid groups (broad SMARTS) is 1. The van der Waals surface area contributed by atoms with Crippen LogP contribution in [-0.2, 0) is 25.5 Å². The van der Waals surface area contributed by atoms with Crippen molar-refractivity contribution in [1.82, 2.24) is 14.9 Å². The lowest BCUT2D eigenvalue weighted by atomic mass is 9.90. The Hall–Kier alpha value is -3.99. The molecular weight excluding hydrogens is 761 g/mol. The van der Waals surface area contributed by atoms with Crippen LogP contribution < -0.4 is 19.5 Å². The van der Waals surface area contributed by atoms with Crippen molar-refractivity contribution in [3.05, 3.63) is 77.3 Å². The zero-order chi connectivity index (χ0) is 39.3. The highest BCUT2D eigenvalue weighted by atomic mass is 35.5. The molecule has 2 saturated heterocycles. The van der Waals surface area contributed by atoms with E-state index in [9.17, 15) is 26.4 Å². The summed E-state index contributed by atoms with van der Waals surface area (Å²) in [5.74, 6) is -6.30. The van der Waals surface area contributed by atoms with Gasteiger partial charge in [-0.3, -0.25) is 4.79 Å². The number of nitrogens with one attached hydrogen (secondary N) is 2. The highest BCUT2D eigenvalue weighted by molar-refractivity contribution is 7.89. The Morgan fingerprint density at radius 2 is 1.54 bits per heavy atom. The second-order valence-electron chi connectivity index (χ2n) is 13.6. The zero-order valence-electron chi connectivity index (χ0n) is 29.3. The molecule has 3 aliphatic rings.